The number of methoxy groups -OCH3 is 1. The highest BCUT2D eigenvalue weighted by molar-refractivity contribution is 9.09. The monoisotopic (exact) mass is 808 g/mol. The van der Waals surface area contributed by atoms with E-state index in [2.05, 4.69) is 53.2 Å². The van der Waals surface area contributed by atoms with Crippen molar-refractivity contribution in [1.82, 2.24) is 10.2 Å². The van der Waals surface area contributed by atoms with Gasteiger partial charge in [-0.15, -0.1) is 13.2 Å². The van der Waals surface area contributed by atoms with Crippen molar-refractivity contribution in [3.63, 3.8) is 0 Å². The summed E-state index contributed by atoms with van der Waals surface area (Å²) in [5, 5.41) is 13.4. The predicted octanol–water partition coefficient (Wildman–Crippen LogP) is 4.56. The highest BCUT2D eigenvalue weighted by atomic mass is 79.9. The number of alkyl halides is 1. The van der Waals surface area contributed by atoms with Gasteiger partial charge in [-0.3, -0.25) is 19.2 Å². The molecular formula is C41H53BrN4O8. The van der Waals surface area contributed by atoms with E-state index in [0.717, 1.165) is 18.8 Å². The van der Waals surface area contributed by atoms with E-state index in [-0.39, 0.29) is 36.7 Å². The van der Waals surface area contributed by atoms with Crippen LogP contribution in [0.15, 0.2) is 79.9 Å². The molecule has 2 aromatic rings. The molecule has 292 valence electrons. The van der Waals surface area contributed by atoms with Gasteiger partial charge >= 0.3 is 5.97 Å². The number of fused-ring (bicyclic) bond motifs is 1. The minimum absolute atomic E-state index is 0.0397. The number of aliphatic hydroxyl groups is 1. The summed E-state index contributed by atoms with van der Waals surface area (Å²) in [5.74, 6) is -3.98. The van der Waals surface area contributed by atoms with Crippen LogP contribution in [0.2, 0.25) is 0 Å². The normalized spacial score (nSPS) is 25.7. The van der Waals surface area contributed by atoms with Gasteiger partial charge in [-0.25, -0.2) is 0 Å². The zero-order valence-corrected chi connectivity index (χ0v) is 33.2. The molecule has 3 aliphatic heterocycles. The molecule has 12 nitrogen and oxygen atoms in total. The molecular weight excluding hydrogens is 756 g/mol. The third-order valence-corrected chi connectivity index (χ3v) is 11.7. The largest absolute Gasteiger partial charge is 0.455 e. The second-order valence-corrected chi connectivity index (χ2v) is 15.3. The average Bonchev–Trinajstić information content (AvgIpc) is 3.78. The fourth-order valence-electron chi connectivity index (χ4n) is 8.34. The second kappa shape index (κ2) is 18.1. The van der Waals surface area contributed by atoms with Crippen molar-refractivity contribution in [1.29, 1.82) is 0 Å². The Morgan fingerprint density at radius 1 is 1.09 bits per heavy atom. The average molecular weight is 810 g/mol. The summed E-state index contributed by atoms with van der Waals surface area (Å²) in [6, 6.07) is 14.0. The number of hydrogen-bond donors (Lipinski definition) is 2. The van der Waals surface area contributed by atoms with Crippen LogP contribution in [0.5, 0.6) is 0 Å². The lowest BCUT2D eigenvalue weighted by Crippen LogP contribution is -2.58. The Labute approximate surface area is 326 Å². The maximum absolute atomic E-state index is 15.0. The molecule has 3 heterocycles. The zero-order chi connectivity index (χ0) is 39.2. The lowest BCUT2D eigenvalue weighted by Gasteiger charge is -2.38. The van der Waals surface area contributed by atoms with E-state index < -0.39 is 72.2 Å². The summed E-state index contributed by atoms with van der Waals surface area (Å²) in [4.78, 5) is 62.0. The summed E-state index contributed by atoms with van der Waals surface area (Å²) in [7, 11) is 1.50. The molecule has 13 heteroatoms. The number of aliphatic hydroxyl groups excluding tert-OH is 1. The first-order chi connectivity index (χ1) is 26.0. The number of anilines is 2. The van der Waals surface area contributed by atoms with Crippen LogP contribution in [0.3, 0.4) is 0 Å². The number of halogens is 1. The number of amides is 3. The smallest absolute Gasteiger partial charge is 0.313 e. The number of nitrogens with one attached hydrogen (secondary N) is 1. The predicted molar refractivity (Wildman–Crippen MR) is 210 cm³/mol. The SMILES string of the molecule is C=CCCC(=O)N[C@@H](COC)[C@@H](OC(=O)[C@@H]1[C@H]2O[C@@]3(CC2Br)[C@H](C(=O)N(CC=C)c2ccc(N(CC)CC)cc2)N([C@H](C)CO)C(=O)[C@@H]13)c1ccccc1. The number of ether oxygens (including phenoxy) is 3. The number of nitrogens with zero attached hydrogens (tertiary/aromatic N) is 3. The first-order valence-corrected chi connectivity index (χ1v) is 19.6. The van der Waals surface area contributed by atoms with E-state index in [9.17, 15) is 24.3 Å². The van der Waals surface area contributed by atoms with E-state index in [1.807, 2.05) is 30.3 Å². The van der Waals surface area contributed by atoms with Crippen molar-refractivity contribution in [3.05, 3.63) is 85.5 Å². The molecule has 0 aliphatic carbocycles. The van der Waals surface area contributed by atoms with E-state index in [4.69, 9.17) is 14.2 Å². The summed E-state index contributed by atoms with van der Waals surface area (Å²) in [6.07, 6.45) is 2.46. The van der Waals surface area contributed by atoms with Crippen LogP contribution in [0, 0.1) is 11.8 Å². The van der Waals surface area contributed by atoms with E-state index in [0.29, 0.717) is 17.7 Å². The van der Waals surface area contributed by atoms with Gasteiger partial charge in [0.1, 0.15) is 17.7 Å². The Balaban J connectivity index is 1.52. The quantitative estimate of drug-likeness (QED) is 0.119. The molecule has 2 N–H and O–H groups in total. The van der Waals surface area contributed by atoms with Crippen LogP contribution in [-0.4, -0.2) is 108 Å². The Morgan fingerprint density at radius 3 is 2.35 bits per heavy atom. The van der Waals surface area contributed by atoms with Crippen LogP contribution in [0.25, 0.3) is 0 Å². The molecule has 0 aromatic heterocycles. The minimum atomic E-state index is -1.40. The molecule has 3 aliphatic rings. The van der Waals surface area contributed by atoms with Gasteiger partial charge < -0.3 is 39.3 Å². The fraction of sp³-hybridized carbons (Fsp3) is 0.512. The first-order valence-electron chi connectivity index (χ1n) is 18.7. The standard InChI is InChI=1S/C41H53BrN4O8/c1-7-11-17-32(48)43-31(25-52-6)35(27-15-13-12-14-16-27)53-40(51)33-34-38(49)46(26(5)24-47)37(41(34)23-30(42)36(33)54-41)39(50)45(22-8-2)29-20-18-28(19-21-29)44(9-3)10-4/h7-8,12-16,18-21,26,30-31,33-37,47H,1-2,9-11,17,22-25H2,3-6H3,(H,43,48)/t26-,30?,31+,33+,34-,35+,36+,37+,41-/m1/s1. The van der Waals surface area contributed by atoms with Crippen molar-refractivity contribution in [3.8, 4) is 0 Å². The Kier molecular flexibility index (Phi) is 13.8. The molecule has 1 spiro atoms. The van der Waals surface area contributed by atoms with Crippen LogP contribution in [0.1, 0.15) is 51.7 Å². The van der Waals surface area contributed by atoms with Gasteiger partial charge in [-0.2, -0.15) is 0 Å². The number of carbonyl (C=O) groups is 4. The van der Waals surface area contributed by atoms with E-state index in [1.165, 1.54) is 12.0 Å². The molecule has 1 unspecified atom stereocenters. The Morgan fingerprint density at radius 2 is 1.76 bits per heavy atom. The minimum Gasteiger partial charge on any atom is -0.455 e. The molecule has 9 atom stereocenters. The number of esters is 1. The molecule has 2 aromatic carbocycles. The highest BCUT2D eigenvalue weighted by Crippen LogP contribution is 2.61. The van der Waals surface area contributed by atoms with Gasteiger partial charge in [0.05, 0.1) is 43.2 Å². The third kappa shape index (κ3) is 7.87. The molecule has 3 fully saturated rings. The van der Waals surface area contributed by atoms with Crippen molar-refractivity contribution in [2.24, 2.45) is 11.8 Å². The van der Waals surface area contributed by atoms with Gasteiger partial charge in [0.15, 0.2) is 0 Å². The van der Waals surface area contributed by atoms with Crippen molar-refractivity contribution in [2.75, 3.05) is 49.8 Å². The van der Waals surface area contributed by atoms with Crippen molar-refractivity contribution < 1.29 is 38.5 Å². The summed E-state index contributed by atoms with van der Waals surface area (Å²) >= 11 is 3.73. The molecule has 0 saturated carbocycles. The number of rotatable bonds is 19. The second-order valence-electron chi connectivity index (χ2n) is 14.1. The zero-order valence-electron chi connectivity index (χ0n) is 31.6. The number of carbonyl (C=O) groups excluding carboxylic acids is 4. The van der Waals surface area contributed by atoms with Gasteiger partial charge in [0.2, 0.25) is 11.8 Å². The van der Waals surface area contributed by atoms with Crippen LogP contribution >= 0.6 is 15.9 Å². The van der Waals surface area contributed by atoms with Gasteiger partial charge in [0, 0.05) is 49.4 Å². The van der Waals surface area contributed by atoms with Gasteiger partial charge in [-0.05, 0) is 63.4 Å². The van der Waals surface area contributed by atoms with Gasteiger partial charge in [-0.1, -0.05) is 58.4 Å². The Bertz CT molecular complexity index is 1660. The van der Waals surface area contributed by atoms with Crippen molar-refractivity contribution >= 4 is 51.0 Å². The van der Waals surface area contributed by atoms with Crippen LogP contribution < -0.4 is 15.1 Å². The highest BCUT2D eigenvalue weighted by Gasteiger charge is 2.77. The van der Waals surface area contributed by atoms with Gasteiger partial charge in [0.25, 0.3) is 5.91 Å². The number of hydrogen-bond acceptors (Lipinski definition) is 9. The van der Waals surface area contributed by atoms with Crippen LogP contribution in [-0.2, 0) is 33.4 Å². The first kappa shape index (κ1) is 41.1. The summed E-state index contributed by atoms with van der Waals surface area (Å²) in [6.45, 7) is 14.9. The lowest BCUT2D eigenvalue weighted by molar-refractivity contribution is -0.163. The lowest BCUT2D eigenvalue weighted by atomic mass is 9.70. The maximum atomic E-state index is 15.0. The number of benzene rings is 2. The summed E-state index contributed by atoms with van der Waals surface area (Å²) in [5.41, 5.74) is 0.857. The number of allylic oxidation sites excluding steroid dienone is 1. The molecule has 5 rings (SSSR count). The topological polar surface area (TPSA) is 138 Å². The fourth-order valence-corrected chi connectivity index (χ4v) is 9.28. The van der Waals surface area contributed by atoms with Crippen LogP contribution in [0.4, 0.5) is 11.4 Å². The molecule has 3 amide bonds. The molecule has 0 radical (unpaired) electrons. The van der Waals surface area contributed by atoms with E-state index >= 15 is 0 Å². The molecule has 3 saturated heterocycles. The van der Waals surface area contributed by atoms with E-state index in [1.54, 1.807) is 48.2 Å². The summed E-state index contributed by atoms with van der Waals surface area (Å²) < 4.78 is 18.5. The molecule has 54 heavy (non-hydrogen) atoms. The third-order valence-electron chi connectivity index (χ3n) is 10.8. The van der Waals surface area contributed by atoms with Crippen molar-refractivity contribution in [2.45, 2.75) is 80.8 Å². The molecule has 2 bridgehead atoms. The number of likely N-dealkylation sites (tertiary alicyclic amines) is 1. The maximum Gasteiger partial charge on any atom is 0.313 e. The Hall–Kier alpha value is -4.04.